The summed E-state index contributed by atoms with van der Waals surface area (Å²) in [4.78, 5) is 0. The minimum atomic E-state index is -4.67. The van der Waals surface area contributed by atoms with Crippen LogP contribution in [0, 0.1) is 0 Å². The number of ether oxygens (including phenoxy) is 1. The molecule has 0 aliphatic carbocycles. The van der Waals surface area contributed by atoms with Gasteiger partial charge in [-0.3, -0.25) is 0 Å². The van der Waals surface area contributed by atoms with Gasteiger partial charge in [-0.1, -0.05) is 12.1 Å². The summed E-state index contributed by atoms with van der Waals surface area (Å²) >= 11 is 0. The molecule has 2 nitrogen and oxygen atoms in total. The van der Waals surface area contributed by atoms with E-state index in [0.29, 0.717) is 11.1 Å². The Kier molecular flexibility index (Phi) is 2.60. The van der Waals surface area contributed by atoms with Gasteiger partial charge >= 0.3 is 6.36 Å². The van der Waals surface area contributed by atoms with Crippen molar-refractivity contribution in [2.75, 3.05) is 0 Å². The first-order valence-corrected chi connectivity index (χ1v) is 4.43. The van der Waals surface area contributed by atoms with Crippen LogP contribution in [0.25, 0.3) is 11.1 Å². The van der Waals surface area contributed by atoms with Crippen LogP contribution in [-0.2, 0) is 0 Å². The molecule has 84 valence electrons. The number of hydrogen-bond acceptors (Lipinski definition) is 2. The molecule has 0 saturated heterocycles. The quantitative estimate of drug-likeness (QED) is 0.779. The average Bonchev–Trinajstić information content (AvgIpc) is 2.68. The Hall–Kier alpha value is -1.91. The van der Waals surface area contributed by atoms with Gasteiger partial charge in [0.05, 0.1) is 12.5 Å². The van der Waals surface area contributed by atoms with Crippen molar-refractivity contribution in [3.63, 3.8) is 0 Å². The van der Waals surface area contributed by atoms with Crippen molar-refractivity contribution in [1.82, 2.24) is 0 Å². The van der Waals surface area contributed by atoms with Gasteiger partial charge in [0.2, 0.25) is 0 Å². The third-order valence-electron chi connectivity index (χ3n) is 1.92. The molecule has 0 saturated carbocycles. The second-order valence-electron chi connectivity index (χ2n) is 3.09. The van der Waals surface area contributed by atoms with Gasteiger partial charge in [0.15, 0.2) is 0 Å². The van der Waals surface area contributed by atoms with E-state index in [1.54, 1.807) is 12.1 Å². The van der Waals surface area contributed by atoms with Gasteiger partial charge in [-0.2, -0.15) is 0 Å². The van der Waals surface area contributed by atoms with Crippen LogP contribution in [0.2, 0.25) is 0 Å². The van der Waals surface area contributed by atoms with Crippen LogP contribution in [0.3, 0.4) is 0 Å². The molecule has 2 rings (SSSR count). The molecule has 0 amide bonds. The summed E-state index contributed by atoms with van der Waals surface area (Å²) in [5.74, 6) is -0.244. The van der Waals surface area contributed by atoms with Gasteiger partial charge in [0, 0.05) is 5.56 Å². The van der Waals surface area contributed by atoms with E-state index in [9.17, 15) is 13.2 Å². The monoisotopic (exact) mass is 228 g/mol. The number of hydrogen-bond donors (Lipinski definition) is 0. The molecular weight excluding hydrogens is 221 g/mol. The molecule has 0 N–H and O–H groups in total. The summed E-state index contributed by atoms with van der Waals surface area (Å²) in [5, 5.41) is 0. The lowest BCUT2D eigenvalue weighted by molar-refractivity contribution is -0.274. The average molecular weight is 228 g/mol. The standard InChI is InChI=1S/C11H7F3O2/c12-11(13,14)16-10-3-1-2-8(6-10)9-4-5-15-7-9/h1-7H. The third kappa shape index (κ3) is 2.56. The predicted octanol–water partition coefficient (Wildman–Crippen LogP) is 3.85. The second kappa shape index (κ2) is 3.92. The molecule has 0 aliphatic rings. The van der Waals surface area contributed by atoms with E-state index in [1.807, 2.05) is 0 Å². The van der Waals surface area contributed by atoms with Crippen LogP contribution < -0.4 is 4.74 Å². The molecule has 0 unspecified atom stereocenters. The van der Waals surface area contributed by atoms with Gasteiger partial charge in [0.25, 0.3) is 0 Å². The Labute approximate surface area is 89.3 Å². The SMILES string of the molecule is FC(F)(F)Oc1cccc(-c2ccoc2)c1. The smallest absolute Gasteiger partial charge is 0.472 e. The fourth-order valence-electron chi connectivity index (χ4n) is 1.30. The van der Waals surface area contributed by atoms with Gasteiger partial charge < -0.3 is 9.15 Å². The van der Waals surface area contributed by atoms with Crippen molar-refractivity contribution >= 4 is 0 Å². The van der Waals surface area contributed by atoms with Crippen molar-refractivity contribution in [3.8, 4) is 16.9 Å². The largest absolute Gasteiger partial charge is 0.573 e. The first kappa shape index (κ1) is 10.6. The highest BCUT2D eigenvalue weighted by Gasteiger charge is 2.31. The maximum atomic E-state index is 12.0. The molecule has 0 bridgehead atoms. The Balaban J connectivity index is 2.27. The molecule has 0 fully saturated rings. The number of halogens is 3. The topological polar surface area (TPSA) is 22.4 Å². The van der Waals surface area contributed by atoms with Crippen molar-refractivity contribution in [1.29, 1.82) is 0 Å². The maximum absolute atomic E-state index is 12.0. The molecule has 2 aromatic rings. The van der Waals surface area contributed by atoms with E-state index < -0.39 is 6.36 Å². The fraction of sp³-hybridized carbons (Fsp3) is 0.0909. The summed E-state index contributed by atoms with van der Waals surface area (Å²) in [7, 11) is 0. The highest BCUT2D eigenvalue weighted by atomic mass is 19.4. The molecule has 0 radical (unpaired) electrons. The summed E-state index contributed by atoms with van der Waals surface area (Å²) in [6.45, 7) is 0. The van der Waals surface area contributed by atoms with Crippen LogP contribution in [0.5, 0.6) is 5.75 Å². The molecular formula is C11H7F3O2. The van der Waals surface area contributed by atoms with Crippen molar-refractivity contribution in [2.24, 2.45) is 0 Å². The summed E-state index contributed by atoms with van der Waals surface area (Å²) in [6, 6.07) is 7.37. The zero-order chi connectivity index (χ0) is 11.6. The molecule has 1 heterocycles. The zero-order valence-corrected chi connectivity index (χ0v) is 7.99. The Morgan fingerprint density at radius 1 is 1.06 bits per heavy atom. The molecule has 0 aliphatic heterocycles. The first-order valence-electron chi connectivity index (χ1n) is 4.43. The highest BCUT2D eigenvalue weighted by Crippen LogP contribution is 2.27. The Bertz CT molecular complexity index is 460. The second-order valence-corrected chi connectivity index (χ2v) is 3.09. The van der Waals surface area contributed by atoms with E-state index >= 15 is 0 Å². The van der Waals surface area contributed by atoms with Gasteiger partial charge in [-0.05, 0) is 23.8 Å². The fourth-order valence-corrected chi connectivity index (χ4v) is 1.30. The molecule has 1 aromatic carbocycles. The lowest BCUT2D eigenvalue weighted by atomic mass is 10.1. The maximum Gasteiger partial charge on any atom is 0.573 e. The van der Waals surface area contributed by atoms with E-state index in [4.69, 9.17) is 4.42 Å². The number of benzene rings is 1. The molecule has 1 aromatic heterocycles. The van der Waals surface area contributed by atoms with Crippen molar-refractivity contribution < 1.29 is 22.3 Å². The highest BCUT2D eigenvalue weighted by molar-refractivity contribution is 5.63. The first-order chi connectivity index (χ1) is 7.54. The summed E-state index contributed by atoms with van der Waals surface area (Å²) in [5.41, 5.74) is 1.31. The van der Waals surface area contributed by atoms with Crippen LogP contribution in [0.15, 0.2) is 47.3 Å². The minimum Gasteiger partial charge on any atom is -0.472 e. The number of rotatable bonds is 2. The summed E-state index contributed by atoms with van der Waals surface area (Å²) < 4.78 is 44.6. The normalized spacial score (nSPS) is 11.4. The number of alkyl halides is 3. The van der Waals surface area contributed by atoms with Crippen LogP contribution in [0.4, 0.5) is 13.2 Å². The van der Waals surface area contributed by atoms with Crippen LogP contribution in [-0.4, -0.2) is 6.36 Å². The third-order valence-corrected chi connectivity index (χ3v) is 1.92. The lowest BCUT2D eigenvalue weighted by Crippen LogP contribution is -2.17. The molecule has 0 spiro atoms. The van der Waals surface area contributed by atoms with E-state index in [2.05, 4.69) is 4.74 Å². The van der Waals surface area contributed by atoms with Gasteiger partial charge in [0.1, 0.15) is 5.75 Å². The Morgan fingerprint density at radius 2 is 1.88 bits per heavy atom. The van der Waals surface area contributed by atoms with Crippen molar-refractivity contribution in [2.45, 2.75) is 6.36 Å². The van der Waals surface area contributed by atoms with E-state index in [-0.39, 0.29) is 5.75 Å². The summed E-state index contributed by atoms with van der Waals surface area (Å²) in [6.07, 6.45) is -1.77. The van der Waals surface area contributed by atoms with Crippen molar-refractivity contribution in [3.05, 3.63) is 42.9 Å². The lowest BCUT2D eigenvalue weighted by Gasteiger charge is -2.09. The van der Waals surface area contributed by atoms with E-state index in [0.717, 1.165) is 0 Å². The van der Waals surface area contributed by atoms with Gasteiger partial charge in [-0.15, -0.1) is 13.2 Å². The predicted molar refractivity (Wildman–Crippen MR) is 50.8 cm³/mol. The van der Waals surface area contributed by atoms with Crippen LogP contribution >= 0.6 is 0 Å². The van der Waals surface area contributed by atoms with E-state index in [1.165, 1.54) is 30.7 Å². The Morgan fingerprint density at radius 3 is 2.50 bits per heavy atom. The molecule has 16 heavy (non-hydrogen) atoms. The van der Waals surface area contributed by atoms with Crippen LogP contribution in [0.1, 0.15) is 0 Å². The number of furan rings is 1. The zero-order valence-electron chi connectivity index (χ0n) is 7.99. The minimum absolute atomic E-state index is 0.244. The molecule has 5 heteroatoms. The van der Waals surface area contributed by atoms with Gasteiger partial charge in [-0.25, -0.2) is 0 Å². The molecule has 0 atom stereocenters.